The molecule has 182 valence electrons. The lowest BCUT2D eigenvalue weighted by Gasteiger charge is -2.20. The van der Waals surface area contributed by atoms with Gasteiger partial charge in [-0.15, -0.1) is 0 Å². The van der Waals surface area contributed by atoms with E-state index in [1.54, 1.807) is 10.6 Å². The van der Waals surface area contributed by atoms with E-state index in [1.165, 1.54) is 0 Å². The maximum atomic E-state index is 13.4. The maximum Gasteiger partial charge on any atom is 0.270 e. The molecule has 0 aliphatic rings. The summed E-state index contributed by atoms with van der Waals surface area (Å²) >= 11 is 6.47. The van der Waals surface area contributed by atoms with Crippen LogP contribution in [0.25, 0.3) is 28.2 Å². The molecule has 35 heavy (non-hydrogen) atoms. The summed E-state index contributed by atoms with van der Waals surface area (Å²) in [6, 6.07) is 21.1. The second kappa shape index (κ2) is 11.5. The zero-order chi connectivity index (χ0) is 24.8. The zero-order valence-electron chi connectivity index (χ0n) is 20.5. The van der Waals surface area contributed by atoms with Crippen molar-refractivity contribution in [2.45, 2.75) is 39.7 Å². The molecule has 2 aromatic heterocycles. The molecule has 1 amide bonds. The molecular formula is C28H32ClN5O. The Hall–Kier alpha value is -3.22. The molecular weight excluding hydrogens is 458 g/mol. The average Bonchev–Trinajstić information content (AvgIpc) is 3.31. The lowest BCUT2D eigenvalue weighted by Crippen LogP contribution is -2.35. The molecule has 4 aromatic rings. The van der Waals surface area contributed by atoms with E-state index in [1.807, 2.05) is 67.6 Å². The molecule has 0 aliphatic carbocycles. The number of fused-ring (bicyclic) bond motifs is 1. The molecule has 4 rings (SSSR count). The fourth-order valence-corrected chi connectivity index (χ4v) is 4.46. The summed E-state index contributed by atoms with van der Waals surface area (Å²) in [5.74, 6) is -0.177. The van der Waals surface area contributed by atoms with Crippen LogP contribution in [-0.4, -0.2) is 51.1 Å². The van der Waals surface area contributed by atoms with Gasteiger partial charge in [0.2, 0.25) is 0 Å². The molecule has 0 saturated carbocycles. The first-order valence-electron chi connectivity index (χ1n) is 12.2. The van der Waals surface area contributed by atoms with Crippen molar-refractivity contribution in [3.8, 4) is 22.5 Å². The van der Waals surface area contributed by atoms with Gasteiger partial charge in [-0.1, -0.05) is 74.0 Å². The third kappa shape index (κ3) is 5.89. The van der Waals surface area contributed by atoms with Crippen LogP contribution in [0, 0.1) is 0 Å². The normalized spacial score (nSPS) is 12.3. The van der Waals surface area contributed by atoms with E-state index in [2.05, 4.69) is 24.1 Å². The van der Waals surface area contributed by atoms with Crippen LogP contribution in [0.1, 0.15) is 44.1 Å². The lowest BCUT2D eigenvalue weighted by atomic mass is 10.1. The standard InChI is InChI=1S/C28H32ClN5O/c1-4-33(5-2)17-11-12-20(3)30-28(35)26-18-25(22-15-9-10-16-23(22)29)31-27-19-24(32-34(26)27)21-13-7-6-8-14-21/h6-10,13-16,18-20H,4-5,11-12,17H2,1-3H3,(H,30,35)/t20-/m0/s1. The summed E-state index contributed by atoms with van der Waals surface area (Å²) in [5.41, 5.74) is 4.18. The van der Waals surface area contributed by atoms with Gasteiger partial charge in [0.25, 0.3) is 5.91 Å². The Morgan fingerprint density at radius 1 is 1.03 bits per heavy atom. The quantitative estimate of drug-likeness (QED) is 0.298. The molecule has 0 spiro atoms. The number of nitrogens with zero attached hydrogens (tertiary/aromatic N) is 4. The third-order valence-electron chi connectivity index (χ3n) is 6.26. The van der Waals surface area contributed by atoms with E-state index in [-0.39, 0.29) is 11.9 Å². The molecule has 0 saturated heterocycles. The molecule has 2 aromatic carbocycles. The highest BCUT2D eigenvalue weighted by Gasteiger charge is 2.19. The van der Waals surface area contributed by atoms with Crippen molar-refractivity contribution >= 4 is 23.2 Å². The summed E-state index contributed by atoms with van der Waals surface area (Å²) in [6.07, 6.45) is 1.93. The van der Waals surface area contributed by atoms with Crippen LogP contribution in [0.5, 0.6) is 0 Å². The second-order valence-corrected chi connectivity index (χ2v) is 9.12. The van der Waals surface area contributed by atoms with Crippen LogP contribution in [0.3, 0.4) is 0 Å². The molecule has 6 nitrogen and oxygen atoms in total. The van der Waals surface area contributed by atoms with Crippen LogP contribution in [0.15, 0.2) is 66.7 Å². The van der Waals surface area contributed by atoms with E-state index < -0.39 is 0 Å². The smallest absolute Gasteiger partial charge is 0.270 e. The highest BCUT2D eigenvalue weighted by atomic mass is 35.5. The summed E-state index contributed by atoms with van der Waals surface area (Å²) in [7, 11) is 0. The first-order valence-corrected chi connectivity index (χ1v) is 12.6. The Bertz CT molecular complexity index is 1280. The summed E-state index contributed by atoms with van der Waals surface area (Å²) in [6.45, 7) is 9.51. The average molecular weight is 490 g/mol. The van der Waals surface area contributed by atoms with E-state index in [0.717, 1.165) is 49.3 Å². The van der Waals surface area contributed by atoms with Crippen LogP contribution in [0.4, 0.5) is 0 Å². The van der Waals surface area contributed by atoms with Gasteiger partial charge in [0.05, 0.1) is 11.4 Å². The van der Waals surface area contributed by atoms with Crippen molar-refractivity contribution in [3.63, 3.8) is 0 Å². The van der Waals surface area contributed by atoms with Crippen LogP contribution in [0.2, 0.25) is 5.02 Å². The van der Waals surface area contributed by atoms with E-state index >= 15 is 0 Å². The molecule has 0 fully saturated rings. The van der Waals surface area contributed by atoms with Gasteiger partial charge in [-0.2, -0.15) is 5.10 Å². The van der Waals surface area contributed by atoms with Crippen molar-refractivity contribution < 1.29 is 4.79 Å². The third-order valence-corrected chi connectivity index (χ3v) is 6.59. The van der Waals surface area contributed by atoms with Gasteiger partial charge in [-0.05, 0) is 51.5 Å². The van der Waals surface area contributed by atoms with Gasteiger partial charge in [-0.3, -0.25) is 4.79 Å². The van der Waals surface area contributed by atoms with Crippen molar-refractivity contribution in [1.29, 1.82) is 0 Å². The highest BCUT2D eigenvalue weighted by Crippen LogP contribution is 2.28. The number of carbonyl (C=O) groups is 1. The molecule has 0 bridgehead atoms. The van der Waals surface area contributed by atoms with Gasteiger partial charge in [0, 0.05) is 28.3 Å². The van der Waals surface area contributed by atoms with Gasteiger partial charge in [-0.25, -0.2) is 9.50 Å². The van der Waals surface area contributed by atoms with Crippen LogP contribution < -0.4 is 5.32 Å². The van der Waals surface area contributed by atoms with Crippen LogP contribution in [-0.2, 0) is 0 Å². The number of hydrogen-bond donors (Lipinski definition) is 1. The van der Waals surface area contributed by atoms with Crippen molar-refractivity contribution in [3.05, 3.63) is 77.4 Å². The topological polar surface area (TPSA) is 62.5 Å². The van der Waals surface area contributed by atoms with Gasteiger partial charge < -0.3 is 10.2 Å². The molecule has 7 heteroatoms. The Kier molecular flexibility index (Phi) is 8.16. The first kappa shape index (κ1) is 24.9. The zero-order valence-corrected chi connectivity index (χ0v) is 21.3. The monoisotopic (exact) mass is 489 g/mol. The summed E-state index contributed by atoms with van der Waals surface area (Å²) in [4.78, 5) is 20.6. The highest BCUT2D eigenvalue weighted by molar-refractivity contribution is 6.33. The second-order valence-electron chi connectivity index (χ2n) is 8.72. The molecule has 1 atom stereocenters. The fourth-order valence-electron chi connectivity index (χ4n) is 4.22. The number of carbonyl (C=O) groups excluding carboxylic acids is 1. The minimum Gasteiger partial charge on any atom is -0.348 e. The SMILES string of the molecule is CCN(CC)CCC[C@H](C)NC(=O)c1cc(-c2ccccc2Cl)nc2cc(-c3ccccc3)nn12. The van der Waals surface area contributed by atoms with E-state index in [4.69, 9.17) is 21.7 Å². The maximum absolute atomic E-state index is 13.4. The minimum atomic E-state index is -0.177. The van der Waals surface area contributed by atoms with Gasteiger partial charge in [0.15, 0.2) is 5.65 Å². The molecule has 0 radical (unpaired) electrons. The molecule has 1 N–H and O–H groups in total. The van der Waals surface area contributed by atoms with Crippen molar-refractivity contribution in [2.24, 2.45) is 0 Å². The lowest BCUT2D eigenvalue weighted by molar-refractivity contribution is 0.0929. The summed E-state index contributed by atoms with van der Waals surface area (Å²) < 4.78 is 1.63. The number of rotatable bonds is 10. The van der Waals surface area contributed by atoms with Crippen molar-refractivity contribution in [2.75, 3.05) is 19.6 Å². The van der Waals surface area contributed by atoms with Gasteiger partial charge >= 0.3 is 0 Å². The number of halogens is 1. The number of nitrogens with one attached hydrogen (secondary N) is 1. The Morgan fingerprint density at radius 2 is 1.74 bits per heavy atom. The van der Waals surface area contributed by atoms with E-state index in [9.17, 15) is 4.79 Å². The predicted molar refractivity (Wildman–Crippen MR) is 143 cm³/mol. The Morgan fingerprint density at radius 3 is 2.46 bits per heavy atom. The Balaban J connectivity index is 1.66. The summed E-state index contributed by atoms with van der Waals surface area (Å²) in [5, 5.41) is 8.48. The molecule has 2 heterocycles. The number of aromatic nitrogens is 3. The van der Waals surface area contributed by atoms with E-state index in [0.29, 0.717) is 22.1 Å². The van der Waals surface area contributed by atoms with Crippen molar-refractivity contribution in [1.82, 2.24) is 24.8 Å². The van der Waals surface area contributed by atoms with Gasteiger partial charge in [0.1, 0.15) is 5.69 Å². The number of benzene rings is 2. The molecule has 0 aliphatic heterocycles. The fraction of sp³-hybridized carbons (Fsp3) is 0.321. The number of amides is 1. The van der Waals surface area contributed by atoms with Crippen LogP contribution >= 0.6 is 11.6 Å². The Labute approximate surface area is 211 Å². The minimum absolute atomic E-state index is 0.0363. The predicted octanol–water partition coefficient (Wildman–Crippen LogP) is 5.96. The largest absolute Gasteiger partial charge is 0.348 e. The molecule has 0 unspecified atom stereocenters. The number of hydrogen-bond acceptors (Lipinski definition) is 4. The first-order chi connectivity index (χ1) is 17.0.